The Balaban J connectivity index is 2.10. The van der Waals surface area contributed by atoms with Gasteiger partial charge in [0, 0.05) is 18.5 Å². The Hall–Kier alpha value is -0.630. The van der Waals surface area contributed by atoms with Gasteiger partial charge in [0.25, 0.3) is 5.91 Å². The van der Waals surface area contributed by atoms with E-state index < -0.39 is 11.9 Å². The molecule has 0 spiro atoms. The van der Waals surface area contributed by atoms with E-state index in [2.05, 4.69) is 22.6 Å². The molecule has 0 unspecified atom stereocenters. The van der Waals surface area contributed by atoms with Crippen LogP contribution in [0.5, 0.6) is 0 Å². The van der Waals surface area contributed by atoms with E-state index in [0.717, 1.165) is 2.88 Å². The van der Waals surface area contributed by atoms with E-state index in [1.54, 1.807) is 4.90 Å². The monoisotopic (exact) mass is 365 g/mol. The molecule has 17 heavy (non-hydrogen) atoms. The second kappa shape index (κ2) is 4.93. The predicted molar refractivity (Wildman–Crippen MR) is 73.2 cm³/mol. The molecule has 92 valence electrons. The molecule has 0 saturated carbocycles. The Morgan fingerprint density at radius 3 is 2.71 bits per heavy atom. The minimum atomic E-state index is -0.812. The van der Waals surface area contributed by atoms with E-state index in [4.69, 9.17) is 5.11 Å². The molecule has 2 heterocycles. The highest BCUT2D eigenvalue weighted by Crippen LogP contribution is 2.26. The van der Waals surface area contributed by atoms with Gasteiger partial charge in [-0.3, -0.25) is 9.59 Å². The topological polar surface area (TPSA) is 57.6 Å². The van der Waals surface area contributed by atoms with Crippen LogP contribution in [0, 0.1) is 14.7 Å². The van der Waals surface area contributed by atoms with E-state index >= 15 is 0 Å². The van der Waals surface area contributed by atoms with Crippen LogP contribution in [0.1, 0.15) is 17.3 Å². The fourth-order valence-electron chi connectivity index (χ4n) is 2.06. The maximum absolute atomic E-state index is 12.1. The number of carboxylic acids is 1. The third-order valence-corrected chi connectivity index (χ3v) is 4.82. The van der Waals surface area contributed by atoms with Gasteiger partial charge in [-0.05, 0) is 34.6 Å². The first-order valence-electron chi connectivity index (χ1n) is 5.25. The zero-order valence-corrected chi connectivity index (χ0v) is 12.2. The van der Waals surface area contributed by atoms with Crippen molar-refractivity contribution in [1.29, 1.82) is 0 Å². The summed E-state index contributed by atoms with van der Waals surface area (Å²) in [6, 6.07) is 1.84. The zero-order chi connectivity index (χ0) is 12.6. The highest BCUT2D eigenvalue weighted by Gasteiger charge is 2.37. The number of carboxylic acid groups (broad SMARTS) is 1. The third kappa shape index (κ3) is 2.62. The van der Waals surface area contributed by atoms with Gasteiger partial charge >= 0.3 is 5.97 Å². The van der Waals surface area contributed by atoms with Gasteiger partial charge in [-0.15, -0.1) is 11.3 Å². The van der Waals surface area contributed by atoms with Crippen LogP contribution in [-0.2, 0) is 4.79 Å². The molecule has 1 fully saturated rings. The molecule has 4 nitrogen and oxygen atoms in total. The molecule has 0 aromatic carbocycles. The summed E-state index contributed by atoms with van der Waals surface area (Å²) in [6.07, 6.45) is 0. The Bertz CT molecular complexity index is 459. The number of thiophene rings is 1. The Labute approximate surface area is 117 Å². The lowest BCUT2D eigenvalue weighted by Gasteiger charge is -2.14. The van der Waals surface area contributed by atoms with Crippen molar-refractivity contribution in [2.24, 2.45) is 11.8 Å². The molecule has 1 aromatic rings. The highest BCUT2D eigenvalue weighted by molar-refractivity contribution is 14.1. The van der Waals surface area contributed by atoms with Crippen molar-refractivity contribution in [2.45, 2.75) is 6.92 Å². The number of nitrogens with zero attached hydrogens (tertiary/aromatic N) is 1. The van der Waals surface area contributed by atoms with Gasteiger partial charge in [0.2, 0.25) is 0 Å². The number of carbonyl (C=O) groups excluding carboxylic acids is 1. The number of hydrogen-bond acceptors (Lipinski definition) is 3. The average Bonchev–Trinajstić information content (AvgIpc) is 2.83. The molecule has 2 atom stereocenters. The summed E-state index contributed by atoms with van der Waals surface area (Å²) in [5.41, 5.74) is 0.664. The van der Waals surface area contributed by atoms with Crippen LogP contribution < -0.4 is 0 Å². The molecule has 1 aliphatic rings. The van der Waals surface area contributed by atoms with Crippen molar-refractivity contribution < 1.29 is 14.7 Å². The van der Waals surface area contributed by atoms with E-state index in [9.17, 15) is 9.59 Å². The molecule has 1 amide bonds. The fraction of sp³-hybridized carbons (Fsp3) is 0.455. The van der Waals surface area contributed by atoms with Gasteiger partial charge in [0.05, 0.1) is 14.4 Å². The molecular weight excluding hydrogens is 353 g/mol. The predicted octanol–water partition coefficient (Wildman–Crippen LogP) is 2.15. The first kappa shape index (κ1) is 12.8. The minimum Gasteiger partial charge on any atom is -0.481 e. The number of hydrogen-bond donors (Lipinski definition) is 1. The normalized spacial score (nSPS) is 24.0. The van der Waals surface area contributed by atoms with Crippen molar-refractivity contribution in [3.63, 3.8) is 0 Å². The summed E-state index contributed by atoms with van der Waals surface area (Å²) in [4.78, 5) is 24.7. The first-order valence-corrected chi connectivity index (χ1v) is 7.21. The summed E-state index contributed by atoms with van der Waals surface area (Å²) >= 11 is 3.69. The van der Waals surface area contributed by atoms with Crippen molar-refractivity contribution >= 4 is 45.8 Å². The van der Waals surface area contributed by atoms with Crippen LogP contribution in [0.4, 0.5) is 0 Å². The van der Waals surface area contributed by atoms with E-state index in [1.807, 2.05) is 18.4 Å². The number of carbonyl (C=O) groups is 2. The molecule has 1 aliphatic heterocycles. The minimum absolute atomic E-state index is 0.0224. The second-order valence-corrected chi connectivity index (χ2v) is 7.08. The number of rotatable bonds is 2. The first-order chi connectivity index (χ1) is 7.99. The highest BCUT2D eigenvalue weighted by atomic mass is 127. The maximum atomic E-state index is 12.1. The van der Waals surface area contributed by atoms with Gasteiger partial charge in [-0.2, -0.15) is 0 Å². The van der Waals surface area contributed by atoms with E-state index in [0.29, 0.717) is 18.7 Å². The van der Waals surface area contributed by atoms with Crippen LogP contribution in [-0.4, -0.2) is 35.0 Å². The van der Waals surface area contributed by atoms with Gasteiger partial charge in [-0.25, -0.2) is 0 Å². The lowest BCUT2D eigenvalue weighted by atomic mass is 9.99. The zero-order valence-electron chi connectivity index (χ0n) is 9.22. The number of likely N-dealkylation sites (tertiary alicyclic amines) is 1. The molecule has 0 bridgehead atoms. The average molecular weight is 365 g/mol. The summed E-state index contributed by atoms with van der Waals surface area (Å²) < 4.78 is 1.06. The van der Waals surface area contributed by atoms with Gasteiger partial charge < -0.3 is 10.0 Å². The molecule has 2 rings (SSSR count). The quantitative estimate of drug-likeness (QED) is 0.818. The number of aliphatic carboxylic acids is 1. The lowest BCUT2D eigenvalue weighted by Crippen LogP contribution is -2.29. The Morgan fingerprint density at radius 2 is 2.24 bits per heavy atom. The van der Waals surface area contributed by atoms with Gasteiger partial charge in [0.15, 0.2) is 0 Å². The SMILES string of the molecule is C[C@@H]1CN(C(=O)c2csc(I)c2)C[C@H]1C(=O)O. The van der Waals surface area contributed by atoms with Crippen LogP contribution >= 0.6 is 33.9 Å². The summed E-state index contributed by atoms with van der Waals surface area (Å²) in [7, 11) is 0. The van der Waals surface area contributed by atoms with Gasteiger partial charge in [0.1, 0.15) is 0 Å². The molecule has 1 aromatic heterocycles. The van der Waals surface area contributed by atoms with Crippen LogP contribution in [0.3, 0.4) is 0 Å². The van der Waals surface area contributed by atoms with Crippen LogP contribution in [0.25, 0.3) is 0 Å². The summed E-state index contributed by atoms with van der Waals surface area (Å²) in [6.45, 7) is 2.73. The van der Waals surface area contributed by atoms with Gasteiger partial charge in [-0.1, -0.05) is 6.92 Å². The fourth-order valence-corrected chi connectivity index (χ4v) is 3.38. The standard InChI is InChI=1S/C11H12INO3S/c1-6-3-13(4-8(6)11(15)16)10(14)7-2-9(12)17-5-7/h2,5-6,8H,3-4H2,1H3,(H,15,16)/t6-,8-/m1/s1. The maximum Gasteiger partial charge on any atom is 0.308 e. The summed E-state index contributed by atoms with van der Waals surface area (Å²) in [5.74, 6) is -1.28. The molecule has 1 N–H and O–H groups in total. The molecule has 1 saturated heterocycles. The van der Waals surface area contributed by atoms with Crippen molar-refractivity contribution in [3.8, 4) is 0 Å². The van der Waals surface area contributed by atoms with Crippen molar-refractivity contribution in [2.75, 3.05) is 13.1 Å². The Kier molecular flexibility index (Phi) is 3.72. The van der Waals surface area contributed by atoms with Crippen LogP contribution in [0.15, 0.2) is 11.4 Å². The van der Waals surface area contributed by atoms with E-state index in [-0.39, 0.29) is 11.8 Å². The lowest BCUT2D eigenvalue weighted by molar-refractivity contribution is -0.142. The molecule has 0 radical (unpaired) electrons. The molecular formula is C11H12INO3S. The van der Waals surface area contributed by atoms with Crippen LogP contribution in [0.2, 0.25) is 0 Å². The largest absolute Gasteiger partial charge is 0.481 e. The van der Waals surface area contributed by atoms with E-state index in [1.165, 1.54) is 11.3 Å². The smallest absolute Gasteiger partial charge is 0.308 e. The summed E-state index contributed by atoms with van der Waals surface area (Å²) in [5, 5.41) is 10.8. The molecule has 0 aliphatic carbocycles. The Morgan fingerprint density at radius 1 is 1.53 bits per heavy atom. The third-order valence-electron chi connectivity index (χ3n) is 3.03. The molecule has 6 heteroatoms. The van der Waals surface area contributed by atoms with Crippen molar-refractivity contribution in [1.82, 2.24) is 4.90 Å². The number of halogens is 1. The number of amides is 1. The van der Waals surface area contributed by atoms with Crippen molar-refractivity contribution in [3.05, 3.63) is 19.9 Å². The second-order valence-electron chi connectivity index (χ2n) is 4.27.